The van der Waals surface area contributed by atoms with E-state index in [0.29, 0.717) is 19.3 Å². The average Bonchev–Trinajstić information content (AvgIpc) is 3.30. The Bertz CT molecular complexity index is 1360. The molecule has 368 valence electrons. The van der Waals surface area contributed by atoms with Gasteiger partial charge in [0, 0.05) is 19.3 Å². The molecule has 0 bridgehead atoms. The lowest BCUT2D eigenvalue weighted by Gasteiger charge is -2.18. The number of esters is 3. The molecule has 65 heavy (non-hydrogen) atoms. The molecule has 0 aromatic heterocycles. The van der Waals surface area contributed by atoms with Crippen LogP contribution in [-0.2, 0) is 28.6 Å². The number of ether oxygens (including phenoxy) is 3. The normalized spacial score (nSPS) is 13.0. The van der Waals surface area contributed by atoms with Crippen molar-refractivity contribution in [1.82, 2.24) is 0 Å². The van der Waals surface area contributed by atoms with Gasteiger partial charge in [0.2, 0.25) is 0 Å². The molecular weight excluding hydrogens is 805 g/mol. The van der Waals surface area contributed by atoms with E-state index in [1.165, 1.54) is 32.1 Å². The lowest BCUT2D eigenvalue weighted by molar-refractivity contribution is -0.167. The summed E-state index contributed by atoms with van der Waals surface area (Å²) in [6.45, 7) is 6.36. The van der Waals surface area contributed by atoms with Crippen molar-refractivity contribution in [3.05, 3.63) is 109 Å². The highest BCUT2D eigenvalue weighted by atomic mass is 16.6. The van der Waals surface area contributed by atoms with Crippen molar-refractivity contribution in [2.75, 3.05) is 13.2 Å². The molecule has 0 aliphatic heterocycles. The van der Waals surface area contributed by atoms with Gasteiger partial charge in [-0.3, -0.25) is 14.4 Å². The Morgan fingerprint density at radius 3 is 1.02 bits per heavy atom. The molecule has 0 aliphatic rings. The smallest absolute Gasteiger partial charge is 0.306 e. The second kappa shape index (κ2) is 52.7. The van der Waals surface area contributed by atoms with E-state index >= 15 is 0 Å². The molecule has 0 heterocycles. The topological polar surface area (TPSA) is 78.9 Å². The minimum Gasteiger partial charge on any atom is -0.462 e. The molecule has 0 saturated heterocycles. The molecule has 0 aromatic carbocycles. The number of hydrogen-bond donors (Lipinski definition) is 0. The fraction of sp³-hybridized carbons (Fsp3) is 0.644. The van der Waals surface area contributed by atoms with Crippen molar-refractivity contribution in [2.24, 2.45) is 0 Å². The lowest BCUT2D eigenvalue weighted by Crippen LogP contribution is -2.30. The third-order valence-corrected chi connectivity index (χ3v) is 10.7. The van der Waals surface area contributed by atoms with E-state index in [9.17, 15) is 14.4 Å². The molecule has 0 saturated carbocycles. The number of rotatable bonds is 46. The van der Waals surface area contributed by atoms with Gasteiger partial charge < -0.3 is 14.2 Å². The second-order valence-electron chi connectivity index (χ2n) is 17.0. The van der Waals surface area contributed by atoms with Gasteiger partial charge in [-0.25, -0.2) is 0 Å². The Hall–Kier alpha value is -3.93. The minimum atomic E-state index is -0.800. The summed E-state index contributed by atoms with van der Waals surface area (Å²) in [4.78, 5) is 37.9. The van der Waals surface area contributed by atoms with E-state index < -0.39 is 6.10 Å². The van der Waals surface area contributed by atoms with Crippen LogP contribution in [0.5, 0.6) is 0 Å². The largest absolute Gasteiger partial charge is 0.462 e. The quantitative estimate of drug-likeness (QED) is 0.0262. The zero-order chi connectivity index (χ0) is 47.2. The van der Waals surface area contributed by atoms with E-state index in [1.807, 2.05) is 0 Å². The molecule has 0 amide bonds. The van der Waals surface area contributed by atoms with Gasteiger partial charge in [-0.05, 0) is 116 Å². The first-order valence-corrected chi connectivity index (χ1v) is 26.4. The van der Waals surface area contributed by atoms with Gasteiger partial charge in [0.25, 0.3) is 0 Å². The van der Waals surface area contributed by atoms with Gasteiger partial charge in [-0.1, -0.05) is 201 Å². The first kappa shape index (κ1) is 61.1. The van der Waals surface area contributed by atoms with Crippen molar-refractivity contribution < 1.29 is 28.6 Å². The Morgan fingerprint density at radius 1 is 0.323 bits per heavy atom. The van der Waals surface area contributed by atoms with Crippen LogP contribution in [0.25, 0.3) is 0 Å². The summed E-state index contributed by atoms with van der Waals surface area (Å²) >= 11 is 0. The van der Waals surface area contributed by atoms with Gasteiger partial charge in [-0.15, -0.1) is 0 Å². The van der Waals surface area contributed by atoms with Crippen LogP contribution in [-0.4, -0.2) is 37.2 Å². The van der Waals surface area contributed by atoms with Crippen LogP contribution < -0.4 is 0 Å². The third kappa shape index (κ3) is 50.9. The summed E-state index contributed by atoms with van der Waals surface area (Å²) in [6.07, 6.45) is 70.7. The molecule has 6 heteroatoms. The maximum Gasteiger partial charge on any atom is 0.306 e. The van der Waals surface area contributed by atoms with Crippen molar-refractivity contribution in [3.63, 3.8) is 0 Å². The predicted octanol–water partition coefficient (Wildman–Crippen LogP) is 17.5. The van der Waals surface area contributed by atoms with E-state index in [4.69, 9.17) is 14.2 Å². The van der Waals surface area contributed by atoms with Gasteiger partial charge >= 0.3 is 17.9 Å². The average molecular weight is 901 g/mol. The van der Waals surface area contributed by atoms with Crippen LogP contribution in [0.15, 0.2) is 109 Å². The van der Waals surface area contributed by atoms with Crippen LogP contribution in [0, 0.1) is 0 Å². The monoisotopic (exact) mass is 901 g/mol. The summed E-state index contributed by atoms with van der Waals surface area (Å²) in [6, 6.07) is 0. The van der Waals surface area contributed by atoms with Gasteiger partial charge in [0.05, 0.1) is 0 Å². The summed E-state index contributed by atoms with van der Waals surface area (Å²) in [5, 5.41) is 0. The highest BCUT2D eigenvalue weighted by Gasteiger charge is 2.19. The maximum absolute atomic E-state index is 12.8. The molecule has 0 fully saturated rings. The molecule has 1 atom stereocenters. The van der Waals surface area contributed by atoms with Crippen LogP contribution in [0.2, 0.25) is 0 Å². The molecule has 0 spiro atoms. The van der Waals surface area contributed by atoms with Crippen LogP contribution in [0.1, 0.15) is 226 Å². The molecule has 1 unspecified atom stereocenters. The standard InChI is InChI=1S/C59H96O6/c1-4-7-10-13-16-19-22-24-26-27-28-29-30-31-32-33-34-36-37-40-43-46-49-52-58(61)64-55-56(54-63-57(60)51-48-45-42-39-21-18-15-12-9-6-3)65-59(62)53-50-47-44-41-38-35-25-23-20-17-14-11-8-5-2/h7,10,12,14-17,19,23-26,28-29,31-32,34,36,56H,4-6,8-9,11,13,18,20-22,27,30,33,35,37-55H2,1-3H3/b10-7-,15-12-,17-14-,19-16-,25-23-,26-24-,29-28-,32-31-,36-34-. The van der Waals surface area contributed by atoms with Crippen LogP contribution in [0.3, 0.4) is 0 Å². The molecule has 0 aromatic rings. The second-order valence-corrected chi connectivity index (χ2v) is 17.0. The summed E-state index contributed by atoms with van der Waals surface area (Å²) < 4.78 is 16.7. The molecule has 6 nitrogen and oxygen atoms in total. The molecule has 0 N–H and O–H groups in total. The van der Waals surface area contributed by atoms with Crippen molar-refractivity contribution in [1.29, 1.82) is 0 Å². The molecule has 0 aliphatic carbocycles. The summed E-state index contributed by atoms with van der Waals surface area (Å²) in [5.41, 5.74) is 0. The number of unbranched alkanes of at least 4 members (excludes halogenated alkanes) is 17. The van der Waals surface area contributed by atoms with E-state index in [1.54, 1.807) is 0 Å². The number of carbonyl (C=O) groups is 3. The van der Waals surface area contributed by atoms with Crippen molar-refractivity contribution in [2.45, 2.75) is 232 Å². The molecule has 0 radical (unpaired) electrons. The number of allylic oxidation sites excluding steroid dienone is 18. The fourth-order valence-electron chi connectivity index (χ4n) is 6.76. The van der Waals surface area contributed by atoms with Gasteiger partial charge in [0.1, 0.15) is 13.2 Å². The zero-order valence-corrected chi connectivity index (χ0v) is 42.0. The molecular formula is C59H96O6. The fourth-order valence-corrected chi connectivity index (χ4v) is 6.76. The predicted molar refractivity (Wildman–Crippen MR) is 279 cm³/mol. The first-order chi connectivity index (χ1) is 32.0. The van der Waals surface area contributed by atoms with Crippen LogP contribution >= 0.6 is 0 Å². The highest BCUT2D eigenvalue weighted by molar-refractivity contribution is 5.71. The Kier molecular flexibility index (Phi) is 49.5. The Balaban J connectivity index is 4.40. The van der Waals surface area contributed by atoms with Crippen molar-refractivity contribution in [3.8, 4) is 0 Å². The SMILES string of the molecule is CC/C=C\C/C=C\C/C=C\C/C=C\C/C=C\C/C=C\CCCCCCC(=O)OCC(COC(=O)CCCCCCC/C=C\CCC)OC(=O)CCCCCCC/C=C\C/C=C\CCCC. The van der Waals surface area contributed by atoms with Crippen molar-refractivity contribution >= 4 is 17.9 Å². The van der Waals surface area contributed by atoms with Gasteiger partial charge in [-0.2, -0.15) is 0 Å². The highest BCUT2D eigenvalue weighted by Crippen LogP contribution is 2.13. The minimum absolute atomic E-state index is 0.0986. The van der Waals surface area contributed by atoms with E-state index in [2.05, 4.69) is 130 Å². The Labute approximate surface area is 400 Å². The number of carbonyl (C=O) groups excluding carboxylic acids is 3. The van der Waals surface area contributed by atoms with Crippen LogP contribution in [0.4, 0.5) is 0 Å². The zero-order valence-electron chi connectivity index (χ0n) is 42.0. The number of hydrogen-bond acceptors (Lipinski definition) is 6. The summed E-state index contributed by atoms with van der Waals surface area (Å²) in [5.74, 6) is -0.955. The van der Waals surface area contributed by atoms with Gasteiger partial charge in [0.15, 0.2) is 6.10 Å². The third-order valence-electron chi connectivity index (χ3n) is 10.7. The lowest BCUT2D eigenvalue weighted by atomic mass is 10.1. The Morgan fingerprint density at radius 2 is 0.631 bits per heavy atom. The van der Waals surface area contributed by atoms with E-state index in [0.717, 1.165) is 154 Å². The molecule has 0 rings (SSSR count). The maximum atomic E-state index is 12.8. The first-order valence-electron chi connectivity index (χ1n) is 26.4. The summed E-state index contributed by atoms with van der Waals surface area (Å²) in [7, 11) is 0. The van der Waals surface area contributed by atoms with E-state index in [-0.39, 0.29) is 31.1 Å².